The molecule has 1 heterocycles. The maximum Gasteiger partial charge on any atom is 0.175 e. The van der Waals surface area contributed by atoms with E-state index in [0.29, 0.717) is 21.8 Å². The smallest absolute Gasteiger partial charge is 0.175 e. The zero-order valence-electron chi connectivity index (χ0n) is 14.2. The molecule has 0 saturated heterocycles. The molecule has 0 aliphatic carbocycles. The summed E-state index contributed by atoms with van der Waals surface area (Å²) in [6.45, 7) is -0.0785. The van der Waals surface area contributed by atoms with Gasteiger partial charge in [0.25, 0.3) is 0 Å². The molecule has 3 aromatic rings. The van der Waals surface area contributed by atoms with Gasteiger partial charge in [0.15, 0.2) is 9.84 Å². The Balaban J connectivity index is 2.24. The summed E-state index contributed by atoms with van der Waals surface area (Å²) < 4.78 is 24.7. The SMILES string of the molecule is CS(=O)(=O)c1ccc(-c2nn(CC#N)c(C#N)c2-c2ccc(Cl)cc2)cc1. The molecule has 3 rings (SSSR count). The monoisotopic (exact) mass is 396 g/mol. The Labute approximate surface area is 161 Å². The summed E-state index contributed by atoms with van der Waals surface area (Å²) in [5.41, 5.74) is 2.67. The van der Waals surface area contributed by atoms with Crippen molar-refractivity contribution in [1.29, 1.82) is 10.5 Å². The van der Waals surface area contributed by atoms with Crippen LogP contribution in [0.1, 0.15) is 5.69 Å². The maximum atomic E-state index is 11.7. The van der Waals surface area contributed by atoms with Crippen LogP contribution in [0.25, 0.3) is 22.4 Å². The minimum Gasteiger partial charge on any atom is -0.239 e. The molecule has 0 aliphatic rings. The first-order valence-electron chi connectivity index (χ1n) is 7.79. The summed E-state index contributed by atoms with van der Waals surface area (Å²) in [7, 11) is -3.32. The van der Waals surface area contributed by atoms with Crippen LogP contribution in [-0.4, -0.2) is 24.5 Å². The summed E-state index contributed by atoms with van der Waals surface area (Å²) in [6.07, 6.45) is 1.14. The first-order chi connectivity index (χ1) is 12.8. The average molecular weight is 397 g/mol. The van der Waals surface area contributed by atoms with E-state index in [9.17, 15) is 13.7 Å². The number of hydrogen-bond acceptors (Lipinski definition) is 5. The Bertz CT molecular complexity index is 1180. The second kappa shape index (κ2) is 7.24. The minimum atomic E-state index is -3.32. The third kappa shape index (κ3) is 3.70. The lowest BCUT2D eigenvalue weighted by molar-refractivity contribution is 0.602. The molecule has 27 heavy (non-hydrogen) atoms. The molecule has 0 amide bonds. The van der Waals surface area contributed by atoms with Crippen LogP contribution < -0.4 is 0 Å². The van der Waals surface area contributed by atoms with Crippen LogP contribution in [0, 0.1) is 22.7 Å². The van der Waals surface area contributed by atoms with Crippen LogP contribution in [0.2, 0.25) is 5.02 Å². The fraction of sp³-hybridized carbons (Fsp3) is 0.105. The number of rotatable bonds is 4. The highest BCUT2D eigenvalue weighted by atomic mass is 35.5. The zero-order chi connectivity index (χ0) is 19.6. The first kappa shape index (κ1) is 18.7. The van der Waals surface area contributed by atoms with Gasteiger partial charge in [-0.15, -0.1) is 0 Å². The Hall–Kier alpha value is -3.13. The van der Waals surface area contributed by atoms with E-state index in [-0.39, 0.29) is 17.1 Å². The molecular formula is C19H13ClN4O2S. The van der Waals surface area contributed by atoms with Crippen molar-refractivity contribution >= 4 is 21.4 Å². The van der Waals surface area contributed by atoms with Gasteiger partial charge in [0.1, 0.15) is 24.0 Å². The molecule has 0 aliphatic heterocycles. The fourth-order valence-corrected chi connectivity index (χ4v) is 3.47. The van der Waals surface area contributed by atoms with Gasteiger partial charge in [-0.1, -0.05) is 35.9 Å². The quantitative estimate of drug-likeness (QED) is 0.669. The normalized spacial score (nSPS) is 11.0. The van der Waals surface area contributed by atoms with Gasteiger partial charge in [0, 0.05) is 22.4 Å². The summed E-state index contributed by atoms with van der Waals surface area (Å²) >= 11 is 5.96. The highest BCUT2D eigenvalue weighted by Crippen LogP contribution is 2.35. The van der Waals surface area contributed by atoms with Crippen molar-refractivity contribution in [1.82, 2.24) is 9.78 Å². The van der Waals surface area contributed by atoms with Crippen molar-refractivity contribution in [3.63, 3.8) is 0 Å². The molecule has 0 fully saturated rings. The van der Waals surface area contributed by atoms with Gasteiger partial charge in [-0.2, -0.15) is 15.6 Å². The molecule has 0 spiro atoms. The number of hydrogen-bond donors (Lipinski definition) is 0. The number of aromatic nitrogens is 2. The number of benzene rings is 2. The third-order valence-electron chi connectivity index (χ3n) is 3.97. The maximum absolute atomic E-state index is 11.7. The molecule has 0 radical (unpaired) electrons. The van der Waals surface area contributed by atoms with Gasteiger partial charge in [-0.3, -0.25) is 0 Å². The summed E-state index contributed by atoms with van der Waals surface area (Å²) in [4.78, 5) is 0.191. The van der Waals surface area contributed by atoms with E-state index in [4.69, 9.17) is 16.9 Å². The average Bonchev–Trinajstić information content (AvgIpc) is 3.00. The molecule has 0 unspecified atom stereocenters. The molecule has 0 saturated carbocycles. The van der Waals surface area contributed by atoms with Gasteiger partial charge in [-0.25, -0.2) is 13.1 Å². The molecule has 2 aromatic carbocycles. The predicted molar refractivity (Wildman–Crippen MR) is 102 cm³/mol. The lowest BCUT2D eigenvalue weighted by atomic mass is 9.99. The third-order valence-corrected chi connectivity index (χ3v) is 5.35. The van der Waals surface area contributed by atoms with Crippen LogP contribution in [0.3, 0.4) is 0 Å². The van der Waals surface area contributed by atoms with Gasteiger partial charge in [0.2, 0.25) is 0 Å². The van der Waals surface area contributed by atoms with E-state index in [2.05, 4.69) is 11.2 Å². The predicted octanol–water partition coefficient (Wildman–Crippen LogP) is 3.67. The van der Waals surface area contributed by atoms with Crippen LogP contribution in [-0.2, 0) is 16.4 Å². The zero-order valence-corrected chi connectivity index (χ0v) is 15.8. The van der Waals surface area contributed by atoms with Crippen molar-refractivity contribution in [2.45, 2.75) is 11.4 Å². The molecule has 0 N–H and O–H groups in total. The van der Waals surface area contributed by atoms with E-state index in [1.54, 1.807) is 36.4 Å². The van der Waals surface area contributed by atoms with Crippen molar-refractivity contribution in [3.8, 4) is 34.5 Å². The number of nitrogens with zero attached hydrogens (tertiary/aromatic N) is 4. The molecule has 0 bridgehead atoms. The Morgan fingerprint density at radius 1 is 1.04 bits per heavy atom. The van der Waals surface area contributed by atoms with E-state index in [0.717, 1.165) is 11.8 Å². The first-order valence-corrected chi connectivity index (χ1v) is 10.1. The van der Waals surface area contributed by atoms with Crippen molar-refractivity contribution in [2.24, 2.45) is 0 Å². The number of sulfone groups is 1. The van der Waals surface area contributed by atoms with Gasteiger partial charge < -0.3 is 0 Å². The lowest BCUT2D eigenvalue weighted by Crippen LogP contribution is -2.01. The molecule has 6 nitrogen and oxygen atoms in total. The Morgan fingerprint density at radius 3 is 2.15 bits per heavy atom. The van der Waals surface area contributed by atoms with E-state index < -0.39 is 9.84 Å². The van der Waals surface area contributed by atoms with Crippen LogP contribution in [0.15, 0.2) is 53.4 Å². The molecule has 1 aromatic heterocycles. The van der Waals surface area contributed by atoms with E-state index >= 15 is 0 Å². The fourth-order valence-electron chi connectivity index (χ4n) is 2.71. The summed E-state index contributed by atoms with van der Waals surface area (Å²) in [5.74, 6) is 0. The van der Waals surface area contributed by atoms with E-state index in [1.165, 1.54) is 16.8 Å². The molecular weight excluding hydrogens is 384 g/mol. The Morgan fingerprint density at radius 2 is 1.63 bits per heavy atom. The standard InChI is InChI=1S/C19H13ClN4O2S/c1-27(25,26)16-8-4-14(5-9-16)19-18(13-2-6-15(20)7-3-13)17(12-22)24(23-19)11-10-21/h2-9H,11H2,1H3. The Kier molecular flexibility index (Phi) is 5.00. The van der Waals surface area contributed by atoms with Gasteiger partial charge in [-0.05, 0) is 29.8 Å². The van der Waals surface area contributed by atoms with Crippen LogP contribution in [0.4, 0.5) is 0 Å². The largest absolute Gasteiger partial charge is 0.239 e. The van der Waals surface area contributed by atoms with Gasteiger partial charge >= 0.3 is 0 Å². The highest BCUT2D eigenvalue weighted by molar-refractivity contribution is 7.90. The number of nitriles is 2. The van der Waals surface area contributed by atoms with E-state index in [1.807, 2.05) is 6.07 Å². The molecule has 8 heteroatoms. The lowest BCUT2D eigenvalue weighted by Gasteiger charge is -2.05. The second-order valence-corrected chi connectivity index (χ2v) is 8.26. The molecule has 0 atom stereocenters. The minimum absolute atomic E-state index is 0.0785. The summed E-state index contributed by atoms with van der Waals surface area (Å²) in [5, 5.41) is 23.6. The summed E-state index contributed by atoms with van der Waals surface area (Å²) in [6, 6.07) is 17.3. The van der Waals surface area contributed by atoms with Crippen molar-refractivity contribution in [2.75, 3.05) is 6.26 Å². The highest BCUT2D eigenvalue weighted by Gasteiger charge is 2.21. The molecule has 134 valence electrons. The topological polar surface area (TPSA) is 99.5 Å². The van der Waals surface area contributed by atoms with Crippen molar-refractivity contribution in [3.05, 3.63) is 59.2 Å². The van der Waals surface area contributed by atoms with Crippen LogP contribution in [0.5, 0.6) is 0 Å². The second-order valence-electron chi connectivity index (χ2n) is 5.80. The van der Waals surface area contributed by atoms with Crippen molar-refractivity contribution < 1.29 is 8.42 Å². The number of halogens is 1. The van der Waals surface area contributed by atoms with Gasteiger partial charge in [0.05, 0.1) is 11.0 Å². The van der Waals surface area contributed by atoms with Crippen LogP contribution >= 0.6 is 11.6 Å².